The topological polar surface area (TPSA) is 76.9 Å². The summed E-state index contributed by atoms with van der Waals surface area (Å²) in [4.78, 5) is 35.5. The van der Waals surface area contributed by atoms with Crippen LogP contribution in [0.25, 0.3) is 0 Å². The molecular formula is C12H21N3O3. The number of carbonyl (C=O) groups excluding carboxylic acids is 1. The predicted octanol–water partition coefficient (Wildman–Crippen LogP) is 1.31. The Bertz CT molecular complexity index is 528. The SMILES string of the molecule is CCCCCC(=O)n1[nH]c(=O)n(C(C)(C)C)c1=O. The van der Waals surface area contributed by atoms with Crippen LogP contribution in [0, 0.1) is 0 Å². The molecule has 0 aliphatic heterocycles. The summed E-state index contributed by atoms with van der Waals surface area (Å²) in [7, 11) is 0. The molecule has 0 amide bonds. The molecule has 6 heteroatoms. The van der Waals surface area contributed by atoms with Gasteiger partial charge in [0, 0.05) is 12.0 Å². The van der Waals surface area contributed by atoms with Gasteiger partial charge in [-0.15, -0.1) is 0 Å². The first-order valence-corrected chi connectivity index (χ1v) is 6.26. The van der Waals surface area contributed by atoms with Gasteiger partial charge in [-0.1, -0.05) is 19.8 Å². The van der Waals surface area contributed by atoms with E-state index in [0.29, 0.717) is 0 Å². The van der Waals surface area contributed by atoms with E-state index in [9.17, 15) is 14.4 Å². The minimum absolute atomic E-state index is 0.276. The zero-order valence-electron chi connectivity index (χ0n) is 11.4. The molecule has 0 radical (unpaired) electrons. The van der Waals surface area contributed by atoms with Crippen molar-refractivity contribution in [2.24, 2.45) is 0 Å². The van der Waals surface area contributed by atoms with Gasteiger partial charge in [-0.3, -0.25) is 4.79 Å². The second kappa shape index (κ2) is 5.37. The first kappa shape index (κ1) is 14.5. The summed E-state index contributed by atoms with van der Waals surface area (Å²) in [5, 5.41) is 2.31. The number of H-pyrrole nitrogens is 1. The van der Waals surface area contributed by atoms with Crippen LogP contribution in [0.4, 0.5) is 0 Å². The van der Waals surface area contributed by atoms with Crippen molar-refractivity contribution in [3.8, 4) is 0 Å². The Morgan fingerprint density at radius 2 is 1.83 bits per heavy atom. The van der Waals surface area contributed by atoms with Crippen LogP contribution in [0.1, 0.15) is 58.2 Å². The quantitative estimate of drug-likeness (QED) is 0.824. The molecule has 6 nitrogen and oxygen atoms in total. The summed E-state index contributed by atoms with van der Waals surface area (Å²) < 4.78 is 1.88. The molecule has 102 valence electrons. The number of carbonyl (C=O) groups is 1. The molecule has 0 saturated carbocycles. The van der Waals surface area contributed by atoms with Crippen molar-refractivity contribution in [2.45, 2.75) is 58.9 Å². The van der Waals surface area contributed by atoms with Crippen LogP contribution >= 0.6 is 0 Å². The van der Waals surface area contributed by atoms with Crippen LogP contribution in [-0.2, 0) is 5.54 Å². The van der Waals surface area contributed by atoms with Gasteiger partial charge in [0.2, 0.25) is 5.91 Å². The van der Waals surface area contributed by atoms with Crippen molar-refractivity contribution in [3.63, 3.8) is 0 Å². The Kier molecular flexibility index (Phi) is 4.32. The normalized spacial score (nSPS) is 11.8. The Morgan fingerprint density at radius 3 is 2.28 bits per heavy atom. The molecule has 1 rings (SSSR count). The van der Waals surface area contributed by atoms with E-state index in [1.165, 1.54) is 0 Å². The average Bonchev–Trinajstić information content (AvgIpc) is 2.53. The number of aromatic nitrogens is 3. The van der Waals surface area contributed by atoms with Crippen molar-refractivity contribution < 1.29 is 4.79 Å². The lowest BCUT2D eigenvalue weighted by atomic mass is 10.1. The lowest BCUT2D eigenvalue weighted by Gasteiger charge is -2.16. The number of aromatic amines is 1. The van der Waals surface area contributed by atoms with Gasteiger partial charge in [0.1, 0.15) is 0 Å². The molecule has 0 aromatic carbocycles. The zero-order chi connectivity index (χ0) is 13.9. The molecule has 0 bridgehead atoms. The fraction of sp³-hybridized carbons (Fsp3) is 0.750. The average molecular weight is 255 g/mol. The van der Waals surface area contributed by atoms with Crippen LogP contribution in [0.15, 0.2) is 9.59 Å². The molecule has 0 aliphatic carbocycles. The van der Waals surface area contributed by atoms with E-state index in [0.717, 1.165) is 28.5 Å². The number of nitrogens with one attached hydrogen (secondary N) is 1. The maximum Gasteiger partial charge on any atom is 0.354 e. The predicted molar refractivity (Wildman–Crippen MR) is 69.1 cm³/mol. The van der Waals surface area contributed by atoms with E-state index < -0.39 is 16.9 Å². The Morgan fingerprint density at radius 1 is 1.22 bits per heavy atom. The summed E-state index contributed by atoms with van der Waals surface area (Å²) in [5.41, 5.74) is -1.77. The molecule has 0 spiro atoms. The second-order valence-electron chi connectivity index (χ2n) is 5.39. The highest BCUT2D eigenvalue weighted by atomic mass is 16.2. The van der Waals surface area contributed by atoms with E-state index in [1.54, 1.807) is 20.8 Å². The monoisotopic (exact) mass is 255 g/mol. The Balaban J connectivity index is 3.03. The van der Waals surface area contributed by atoms with Crippen LogP contribution in [-0.4, -0.2) is 20.3 Å². The van der Waals surface area contributed by atoms with Gasteiger partial charge in [0.15, 0.2) is 0 Å². The van der Waals surface area contributed by atoms with Gasteiger partial charge in [-0.25, -0.2) is 19.3 Å². The molecule has 0 unspecified atom stereocenters. The highest BCUT2D eigenvalue weighted by Gasteiger charge is 2.23. The maximum atomic E-state index is 12.0. The van der Waals surface area contributed by atoms with Gasteiger partial charge in [0.05, 0.1) is 0 Å². The second-order valence-corrected chi connectivity index (χ2v) is 5.39. The van der Waals surface area contributed by atoms with Crippen LogP contribution < -0.4 is 11.4 Å². The third kappa shape index (κ3) is 3.00. The van der Waals surface area contributed by atoms with Crippen molar-refractivity contribution >= 4 is 5.91 Å². The van der Waals surface area contributed by atoms with Crippen molar-refractivity contribution in [3.05, 3.63) is 21.0 Å². The molecular weight excluding hydrogens is 234 g/mol. The minimum atomic E-state index is -0.639. The smallest absolute Gasteiger partial charge is 0.272 e. The summed E-state index contributed by atoms with van der Waals surface area (Å²) >= 11 is 0. The molecule has 0 aliphatic rings. The maximum absolute atomic E-state index is 12.0. The third-order valence-electron chi connectivity index (χ3n) is 2.71. The summed E-state index contributed by atoms with van der Waals surface area (Å²) in [5.74, 6) is -0.353. The Hall–Kier alpha value is -1.59. The highest BCUT2D eigenvalue weighted by molar-refractivity contribution is 5.77. The summed E-state index contributed by atoms with van der Waals surface area (Å²) in [6.45, 7) is 7.27. The fourth-order valence-corrected chi connectivity index (χ4v) is 1.78. The van der Waals surface area contributed by atoms with Gasteiger partial charge < -0.3 is 0 Å². The summed E-state index contributed by atoms with van der Waals surface area (Å²) in [6, 6.07) is 0. The first-order valence-electron chi connectivity index (χ1n) is 6.26. The van der Waals surface area contributed by atoms with E-state index in [4.69, 9.17) is 0 Å². The lowest BCUT2D eigenvalue weighted by molar-refractivity contribution is 0.0877. The number of hydrogen-bond donors (Lipinski definition) is 1. The van der Waals surface area contributed by atoms with Crippen LogP contribution in [0.2, 0.25) is 0 Å². The number of hydrogen-bond acceptors (Lipinski definition) is 3. The largest absolute Gasteiger partial charge is 0.354 e. The van der Waals surface area contributed by atoms with E-state index in [2.05, 4.69) is 5.10 Å². The fourth-order valence-electron chi connectivity index (χ4n) is 1.78. The standard InChI is InChI=1S/C12H21N3O3/c1-5-6-7-8-9(16)15-11(18)14(10(17)13-15)12(2,3)4/h5-8H2,1-4H3,(H,13,17). The molecule has 1 aromatic heterocycles. The van der Waals surface area contributed by atoms with Crippen LogP contribution in [0.5, 0.6) is 0 Å². The zero-order valence-corrected chi connectivity index (χ0v) is 11.4. The summed E-state index contributed by atoms with van der Waals surface area (Å²) in [6.07, 6.45) is 2.94. The molecule has 1 N–H and O–H groups in total. The molecule has 1 aromatic rings. The van der Waals surface area contributed by atoms with Gasteiger partial charge >= 0.3 is 11.4 Å². The number of unbranched alkanes of at least 4 members (excludes halogenated alkanes) is 2. The van der Waals surface area contributed by atoms with Crippen LogP contribution in [0.3, 0.4) is 0 Å². The molecule has 18 heavy (non-hydrogen) atoms. The van der Waals surface area contributed by atoms with Crippen molar-refractivity contribution in [1.29, 1.82) is 0 Å². The number of rotatable bonds is 4. The molecule has 0 saturated heterocycles. The third-order valence-corrected chi connectivity index (χ3v) is 2.71. The van der Waals surface area contributed by atoms with Crippen molar-refractivity contribution in [2.75, 3.05) is 0 Å². The van der Waals surface area contributed by atoms with E-state index >= 15 is 0 Å². The highest BCUT2D eigenvalue weighted by Crippen LogP contribution is 2.07. The first-order chi connectivity index (χ1) is 8.29. The lowest BCUT2D eigenvalue weighted by Crippen LogP contribution is -2.41. The number of nitrogens with zero attached hydrogens (tertiary/aromatic N) is 2. The van der Waals surface area contributed by atoms with Crippen molar-refractivity contribution in [1.82, 2.24) is 14.3 Å². The van der Waals surface area contributed by atoms with Gasteiger partial charge in [-0.05, 0) is 27.2 Å². The van der Waals surface area contributed by atoms with Gasteiger partial charge in [0.25, 0.3) is 0 Å². The Labute approximate surface area is 106 Å². The minimum Gasteiger partial charge on any atom is -0.272 e. The van der Waals surface area contributed by atoms with E-state index in [-0.39, 0.29) is 12.3 Å². The molecule has 0 atom stereocenters. The molecule has 0 fully saturated rings. The van der Waals surface area contributed by atoms with E-state index in [1.807, 2.05) is 6.92 Å². The molecule has 1 heterocycles. The van der Waals surface area contributed by atoms with Gasteiger partial charge in [-0.2, -0.15) is 4.68 Å².